The second kappa shape index (κ2) is 9.81. The van der Waals surface area contributed by atoms with Crippen molar-refractivity contribution in [2.45, 2.75) is 39.0 Å². The number of halogens is 5. The highest BCUT2D eigenvalue weighted by atomic mass is 32.2. The molecule has 1 unspecified atom stereocenters. The second-order valence-electron chi connectivity index (χ2n) is 9.15. The van der Waals surface area contributed by atoms with E-state index in [1.54, 1.807) is 28.8 Å². The van der Waals surface area contributed by atoms with Crippen LogP contribution in [0.25, 0.3) is 16.6 Å². The minimum absolute atomic E-state index is 0.218. The third-order valence-corrected chi connectivity index (χ3v) is 7.95. The number of aromatic nitrogens is 1. The van der Waals surface area contributed by atoms with Crippen LogP contribution in [0, 0.1) is 34.5 Å². The van der Waals surface area contributed by atoms with E-state index in [0.717, 1.165) is 5.57 Å². The Morgan fingerprint density at radius 2 is 1.59 bits per heavy atom. The molecule has 0 aliphatic heterocycles. The first kappa shape index (κ1) is 26.7. The molecule has 37 heavy (non-hydrogen) atoms. The molecule has 2 aromatic carbocycles. The third kappa shape index (κ3) is 4.58. The molecule has 0 amide bonds. The molecule has 1 aliphatic carbocycles. The Kier molecular flexibility index (Phi) is 7.07. The number of ether oxygens (including phenoxy) is 1. The number of nitrogens with zero attached hydrogens (tertiary/aromatic N) is 1. The predicted octanol–water partition coefficient (Wildman–Crippen LogP) is 7.33. The van der Waals surface area contributed by atoms with Crippen molar-refractivity contribution in [3.05, 3.63) is 87.2 Å². The van der Waals surface area contributed by atoms with E-state index in [1.165, 1.54) is 25.5 Å². The van der Waals surface area contributed by atoms with Crippen LogP contribution in [-0.4, -0.2) is 17.0 Å². The second-order valence-corrected chi connectivity index (χ2v) is 10.9. The zero-order chi connectivity index (χ0) is 27.2. The zero-order valence-corrected chi connectivity index (χ0v) is 21.5. The highest BCUT2D eigenvalue weighted by Gasteiger charge is 2.31. The van der Waals surface area contributed by atoms with Gasteiger partial charge in [-0.1, -0.05) is 19.4 Å². The fraction of sp³-hybridized carbons (Fsp3) is 0.259. The van der Waals surface area contributed by atoms with E-state index in [2.05, 4.69) is 13.8 Å². The van der Waals surface area contributed by atoms with Crippen molar-refractivity contribution >= 4 is 32.7 Å². The first-order valence-electron chi connectivity index (χ1n) is 11.3. The van der Waals surface area contributed by atoms with Crippen molar-refractivity contribution in [2.75, 3.05) is 7.11 Å². The van der Waals surface area contributed by atoms with Crippen LogP contribution in [0.4, 0.5) is 22.0 Å². The van der Waals surface area contributed by atoms with Gasteiger partial charge >= 0.3 is 0 Å². The molecule has 1 aliphatic rings. The number of pyridine rings is 1. The number of benzene rings is 2. The Bertz CT molecular complexity index is 1560. The Morgan fingerprint density at radius 1 is 0.973 bits per heavy atom. The summed E-state index contributed by atoms with van der Waals surface area (Å²) in [6.07, 6.45) is 2.44. The van der Waals surface area contributed by atoms with Crippen molar-refractivity contribution in [2.24, 2.45) is 5.41 Å². The number of hydrogen-bond donors (Lipinski definition) is 0. The molecule has 0 bridgehead atoms. The first-order valence-corrected chi connectivity index (χ1v) is 12.5. The monoisotopic (exact) mass is 537 g/mol. The lowest BCUT2D eigenvalue weighted by Crippen LogP contribution is -2.27. The molecule has 0 spiro atoms. The molecule has 4 rings (SSSR count). The average molecular weight is 538 g/mol. The van der Waals surface area contributed by atoms with Gasteiger partial charge in [0.1, 0.15) is 5.76 Å². The molecular formula is C27H24F5NO3S. The Hall–Kier alpha value is -3.40. The predicted molar refractivity (Wildman–Crippen MR) is 135 cm³/mol. The molecule has 0 N–H and O–H groups in total. The zero-order valence-electron chi connectivity index (χ0n) is 20.7. The van der Waals surface area contributed by atoms with E-state index < -0.39 is 45.6 Å². The lowest BCUT2D eigenvalue weighted by atomic mass is 9.77. The Balaban J connectivity index is 1.84. The largest absolute Gasteiger partial charge is 0.495 e. The van der Waals surface area contributed by atoms with Gasteiger partial charge in [0.05, 0.1) is 18.3 Å². The molecule has 0 saturated carbocycles. The summed E-state index contributed by atoms with van der Waals surface area (Å²) in [6.45, 7) is 7.67. The molecule has 0 radical (unpaired) electrons. The summed E-state index contributed by atoms with van der Waals surface area (Å²) in [4.78, 5) is 13.4. The van der Waals surface area contributed by atoms with Gasteiger partial charge < -0.3 is 8.92 Å². The molecule has 1 aromatic heterocycles. The lowest BCUT2D eigenvalue weighted by molar-refractivity contribution is 0.294. The van der Waals surface area contributed by atoms with Gasteiger partial charge in [-0.05, 0) is 55.0 Å². The molecule has 0 saturated heterocycles. The number of hydrogen-bond acceptors (Lipinski definition) is 3. The SMILES string of the molecule is C/C=S(/Oc1c(F)c(F)c(F)c(F)c1F)c1ccc2c(ccc(=O)n2C2=C(OC)C=C(C)C(C)(C)C2)c1. The summed E-state index contributed by atoms with van der Waals surface area (Å²) >= 11 is 0. The van der Waals surface area contributed by atoms with Gasteiger partial charge in [-0.2, -0.15) is 8.78 Å². The van der Waals surface area contributed by atoms with Gasteiger partial charge in [0, 0.05) is 33.5 Å². The van der Waals surface area contributed by atoms with E-state index in [-0.39, 0.29) is 11.0 Å². The van der Waals surface area contributed by atoms with Crippen LogP contribution >= 0.6 is 10.8 Å². The van der Waals surface area contributed by atoms with E-state index in [1.807, 2.05) is 13.0 Å². The quantitative estimate of drug-likeness (QED) is 0.148. The van der Waals surface area contributed by atoms with Crippen LogP contribution in [0.5, 0.6) is 5.75 Å². The molecule has 3 aromatic rings. The molecule has 0 fully saturated rings. The molecule has 196 valence electrons. The van der Waals surface area contributed by atoms with Crippen LogP contribution < -0.4 is 9.74 Å². The van der Waals surface area contributed by atoms with E-state index in [9.17, 15) is 26.7 Å². The minimum Gasteiger partial charge on any atom is -0.495 e. The maximum absolute atomic E-state index is 14.2. The average Bonchev–Trinajstić information content (AvgIpc) is 2.87. The summed E-state index contributed by atoms with van der Waals surface area (Å²) in [5.41, 5.74) is 1.86. The minimum atomic E-state index is -2.26. The smallest absolute Gasteiger partial charge is 0.255 e. The van der Waals surface area contributed by atoms with Crippen molar-refractivity contribution in [1.82, 2.24) is 4.57 Å². The van der Waals surface area contributed by atoms with Gasteiger partial charge in [-0.15, -0.1) is 0 Å². The highest BCUT2D eigenvalue weighted by Crippen LogP contribution is 2.42. The van der Waals surface area contributed by atoms with Crippen molar-refractivity contribution in [1.29, 1.82) is 0 Å². The van der Waals surface area contributed by atoms with Gasteiger partial charge in [0.2, 0.25) is 34.8 Å². The van der Waals surface area contributed by atoms with E-state index in [0.29, 0.717) is 33.7 Å². The summed E-state index contributed by atoms with van der Waals surface area (Å²) < 4.78 is 81.6. The van der Waals surface area contributed by atoms with Crippen LogP contribution in [0.2, 0.25) is 0 Å². The van der Waals surface area contributed by atoms with Gasteiger partial charge in [-0.25, -0.2) is 13.2 Å². The third-order valence-electron chi connectivity index (χ3n) is 6.45. The van der Waals surface area contributed by atoms with Crippen molar-refractivity contribution in [3.8, 4) is 5.75 Å². The van der Waals surface area contributed by atoms with Crippen molar-refractivity contribution < 1.29 is 30.9 Å². The first-order chi connectivity index (χ1) is 17.4. The van der Waals surface area contributed by atoms with Gasteiger partial charge in [0.15, 0.2) is 0 Å². The Morgan fingerprint density at radius 3 is 2.19 bits per heavy atom. The van der Waals surface area contributed by atoms with E-state index >= 15 is 0 Å². The molecule has 10 heteroatoms. The van der Waals surface area contributed by atoms with Gasteiger partial charge in [-0.3, -0.25) is 9.36 Å². The van der Waals surface area contributed by atoms with Gasteiger partial charge in [0.25, 0.3) is 5.56 Å². The maximum Gasteiger partial charge on any atom is 0.255 e. The van der Waals surface area contributed by atoms with Crippen LogP contribution in [0.15, 0.2) is 57.4 Å². The van der Waals surface area contributed by atoms with Crippen LogP contribution in [0.1, 0.15) is 34.1 Å². The number of fused-ring (bicyclic) bond motifs is 1. The van der Waals surface area contributed by atoms with Crippen LogP contribution in [-0.2, 0) is 4.74 Å². The topological polar surface area (TPSA) is 40.5 Å². The highest BCUT2D eigenvalue weighted by molar-refractivity contribution is 8.11. The molecule has 4 nitrogen and oxygen atoms in total. The number of methoxy groups -OCH3 is 1. The number of allylic oxidation sites excluding steroid dienone is 3. The maximum atomic E-state index is 14.2. The standard InChI is InChI=1S/C27H24F5NO3S/c1-6-37(36-26-24(31)22(29)21(28)23(30)25(26)32)16-8-9-17-15(12-16)7-10-20(34)33(17)18-13-27(3,4)14(2)11-19(18)35-5/h6-12H,13H2,1-5H3. The normalized spacial score (nSPS) is 16.2. The summed E-state index contributed by atoms with van der Waals surface area (Å²) in [7, 11) is 0.0505. The molecule has 1 atom stereocenters. The molecular weight excluding hydrogens is 513 g/mol. The fourth-order valence-electron chi connectivity index (χ4n) is 4.09. The summed E-state index contributed by atoms with van der Waals surface area (Å²) in [5, 5.41) is 2.04. The Labute approximate surface area is 212 Å². The fourth-order valence-corrected chi connectivity index (χ4v) is 5.33. The molecule has 1 heterocycles. The summed E-state index contributed by atoms with van der Waals surface area (Å²) in [6, 6.07) is 7.85. The van der Waals surface area contributed by atoms with Crippen molar-refractivity contribution in [3.63, 3.8) is 0 Å². The summed E-state index contributed by atoms with van der Waals surface area (Å²) in [5.74, 6) is -11.3. The lowest BCUT2D eigenvalue weighted by Gasteiger charge is -2.33. The number of rotatable bonds is 5. The van der Waals surface area contributed by atoms with Crippen LogP contribution in [0.3, 0.4) is 0 Å². The van der Waals surface area contributed by atoms with E-state index in [4.69, 9.17) is 8.92 Å².